The van der Waals surface area contributed by atoms with Crippen LogP contribution in [0, 0.1) is 0 Å². The van der Waals surface area contributed by atoms with E-state index in [-0.39, 0.29) is 11.6 Å². The first-order valence-corrected chi connectivity index (χ1v) is 8.93. The SMILES string of the molecule is CCOc1ccc(C2=N/C(=C\C3=Cc4ccc(OC)cc4OC3)C(=O)O2)cc1. The van der Waals surface area contributed by atoms with Gasteiger partial charge in [0.05, 0.1) is 13.7 Å². The minimum Gasteiger partial charge on any atom is -0.497 e. The van der Waals surface area contributed by atoms with Crippen molar-refractivity contribution >= 4 is 17.9 Å². The van der Waals surface area contributed by atoms with E-state index < -0.39 is 5.97 Å². The predicted molar refractivity (Wildman–Crippen MR) is 105 cm³/mol. The summed E-state index contributed by atoms with van der Waals surface area (Å²) in [4.78, 5) is 16.6. The van der Waals surface area contributed by atoms with Crippen LogP contribution in [0.5, 0.6) is 17.2 Å². The average Bonchev–Trinajstić information content (AvgIpc) is 3.08. The number of aliphatic imine (C=N–C) groups is 1. The lowest BCUT2D eigenvalue weighted by molar-refractivity contribution is -0.130. The van der Waals surface area contributed by atoms with Gasteiger partial charge in [-0.2, -0.15) is 0 Å². The second-order valence-electron chi connectivity index (χ2n) is 6.21. The zero-order valence-electron chi connectivity index (χ0n) is 15.6. The van der Waals surface area contributed by atoms with Gasteiger partial charge in [-0.25, -0.2) is 9.79 Å². The Bertz CT molecular complexity index is 1000. The molecule has 0 radical (unpaired) electrons. The Labute approximate surface area is 162 Å². The Morgan fingerprint density at radius 1 is 1.14 bits per heavy atom. The number of benzene rings is 2. The highest BCUT2D eigenvalue weighted by atomic mass is 16.6. The molecule has 6 heteroatoms. The smallest absolute Gasteiger partial charge is 0.363 e. The molecule has 0 aliphatic carbocycles. The molecule has 4 rings (SSSR count). The number of carbonyl (C=O) groups is 1. The molecule has 0 bridgehead atoms. The normalized spacial score (nSPS) is 16.6. The summed E-state index contributed by atoms with van der Waals surface area (Å²) in [5, 5.41) is 0. The second kappa shape index (κ2) is 7.60. The molecule has 0 fully saturated rings. The van der Waals surface area contributed by atoms with E-state index in [2.05, 4.69) is 4.99 Å². The Morgan fingerprint density at radius 2 is 1.93 bits per heavy atom. The van der Waals surface area contributed by atoms with Crippen molar-refractivity contribution in [2.75, 3.05) is 20.3 Å². The van der Waals surface area contributed by atoms with Crippen molar-refractivity contribution in [1.82, 2.24) is 0 Å². The first-order chi connectivity index (χ1) is 13.7. The highest BCUT2D eigenvalue weighted by Crippen LogP contribution is 2.31. The Morgan fingerprint density at radius 3 is 2.68 bits per heavy atom. The molecular weight excluding hydrogens is 358 g/mol. The third-order valence-electron chi connectivity index (χ3n) is 4.31. The number of carbonyl (C=O) groups excluding carboxylic acids is 1. The van der Waals surface area contributed by atoms with Gasteiger partial charge >= 0.3 is 5.97 Å². The van der Waals surface area contributed by atoms with E-state index in [0.717, 1.165) is 28.4 Å². The summed E-state index contributed by atoms with van der Waals surface area (Å²) in [6.45, 7) is 2.85. The predicted octanol–water partition coefficient (Wildman–Crippen LogP) is 3.76. The fourth-order valence-electron chi connectivity index (χ4n) is 2.94. The number of methoxy groups -OCH3 is 1. The van der Waals surface area contributed by atoms with Gasteiger partial charge < -0.3 is 18.9 Å². The molecule has 2 aromatic carbocycles. The number of nitrogens with zero attached hydrogens (tertiary/aromatic N) is 1. The van der Waals surface area contributed by atoms with E-state index in [4.69, 9.17) is 18.9 Å². The summed E-state index contributed by atoms with van der Waals surface area (Å²) in [6.07, 6.45) is 3.65. The molecule has 0 spiro atoms. The molecule has 0 N–H and O–H groups in total. The van der Waals surface area contributed by atoms with Crippen LogP contribution in [0.4, 0.5) is 0 Å². The summed E-state index contributed by atoms with van der Waals surface area (Å²) in [5.41, 5.74) is 2.71. The van der Waals surface area contributed by atoms with Gasteiger partial charge in [-0.05, 0) is 61.0 Å². The number of esters is 1. The standard InChI is InChI=1S/C22H19NO5/c1-3-26-17-7-4-15(5-8-17)21-23-19(22(24)28-21)11-14-10-16-6-9-18(25-2)12-20(16)27-13-14/h4-12H,3,13H2,1-2H3/b19-11-. The molecule has 142 valence electrons. The Hall–Kier alpha value is -3.54. The van der Waals surface area contributed by atoms with Crippen LogP contribution in [-0.2, 0) is 9.53 Å². The van der Waals surface area contributed by atoms with E-state index in [1.54, 1.807) is 13.2 Å². The number of hydrogen-bond acceptors (Lipinski definition) is 6. The molecule has 2 aromatic rings. The van der Waals surface area contributed by atoms with Crippen molar-refractivity contribution in [3.63, 3.8) is 0 Å². The molecule has 0 aromatic heterocycles. The van der Waals surface area contributed by atoms with E-state index >= 15 is 0 Å². The number of rotatable bonds is 5. The maximum absolute atomic E-state index is 12.2. The molecule has 0 saturated carbocycles. The molecule has 0 atom stereocenters. The molecule has 0 saturated heterocycles. The van der Waals surface area contributed by atoms with Gasteiger partial charge in [-0.1, -0.05) is 0 Å². The zero-order valence-corrected chi connectivity index (χ0v) is 15.6. The Kier molecular flexibility index (Phi) is 4.85. The Balaban J connectivity index is 1.57. The topological polar surface area (TPSA) is 66.3 Å². The highest BCUT2D eigenvalue weighted by Gasteiger charge is 2.25. The van der Waals surface area contributed by atoms with Gasteiger partial charge in [0, 0.05) is 17.2 Å². The van der Waals surface area contributed by atoms with Crippen LogP contribution >= 0.6 is 0 Å². The summed E-state index contributed by atoms with van der Waals surface area (Å²) in [5.74, 6) is 2.03. The summed E-state index contributed by atoms with van der Waals surface area (Å²) in [7, 11) is 1.61. The largest absolute Gasteiger partial charge is 0.497 e. The number of ether oxygens (including phenoxy) is 4. The van der Waals surface area contributed by atoms with Crippen molar-refractivity contribution in [2.24, 2.45) is 4.99 Å². The second-order valence-corrected chi connectivity index (χ2v) is 6.21. The molecule has 2 aliphatic rings. The van der Waals surface area contributed by atoms with E-state index in [9.17, 15) is 4.79 Å². The van der Waals surface area contributed by atoms with Crippen LogP contribution in [0.1, 0.15) is 18.1 Å². The van der Waals surface area contributed by atoms with Crippen LogP contribution < -0.4 is 14.2 Å². The number of hydrogen-bond donors (Lipinski definition) is 0. The van der Waals surface area contributed by atoms with Gasteiger partial charge in [0.1, 0.15) is 23.9 Å². The lowest BCUT2D eigenvalue weighted by Gasteiger charge is -2.16. The van der Waals surface area contributed by atoms with Crippen LogP contribution in [-0.4, -0.2) is 32.2 Å². The molecular formula is C22H19NO5. The zero-order chi connectivity index (χ0) is 19.5. The third kappa shape index (κ3) is 3.62. The van der Waals surface area contributed by atoms with Crippen molar-refractivity contribution in [1.29, 1.82) is 0 Å². The maximum atomic E-state index is 12.2. The summed E-state index contributed by atoms with van der Waals surface area (Å²) >= 11 is 0. The van der Waals surface area contributed by atoms with Crippen molar-refractivity contribution in [3.8, 4) is 17.2 Å². The fourth-order valence-corrected chi connectivity index (χ4v) is 2.94. The van der Waals surface area contributed by atoms with Crippen LogP contribution in [0.15, 0.2) is 64.8 Å². The van der Waals surface area contributed by atoms with E-state index in [1.165, 1.54) is 0 Å². The minimum absolute atomic E-state index is 0.246. The monoisotopic (exact) mass is 377 g/mol. The first kappa shape index (κ1) is 17.9. The van der Waals surface area contributed by atoms with E-state index in [0.29, 0.717) is 18.8 Å². The maximum Gasteiger partial charge on any atom is 0.363 e. The van der Waals surface area contributed by atoms with Gasteiger partial charge in [-0.3, -0.25) is 0 Å². The first-order valence-electron chi connectivity index (χ1n) is 8.93. The molecule has 2 heterocycles. The molecule has 0 amide bonds. The van der Waals surface area contributed by atoms with Crippen LogP contribution in [0.3, 0.4) is 0 Å². The van der Waals surface area contributed by atoms with Crippen LogP contribution in [0.2, 0.25) is 0 Å². The highest BCUT2D eigenvalue weighted by molar-refractivity contribution is 6.11. The van der Waals surface area contributed by atoms with Crippen molar-refractivity contribution in [2.45, 2.75) is 6.92 Å². The molecule has 2 aliphatic heterocycles. The van der Waals surface area contributed by atoms with Crippen molar-refractivity contribution < 1.29 is 23.7 Å². The van der Waals surface area contributed by atoms with Gasteiger partial charge in [0.2, 0.25) is 5.90 Å². The summed E-state index contributed by atoms with van der Waals surface area (Å²) in [6, 6.07) is 12.9. The average molecular weight is 377 g/mol. The molecule has 28 heavy (non-hydrogen) atoms. The quantitative estimate of drug-likeness (QED) is 0.586. The van der Waals surface area contributed by atoms with Gasteiger partial charge in [0.25, 0.3) is 0 Å². The summed E-state index contributed by atoms with van der Waals surface area (Å²) < 4.78 is 21.7. The van der Waals surface area contributed by atoms with Gasteiger partial charge in [-0.15, -0.1) is 0 Å². The van der Waals surface area contributed by atoms with E-state index in [1.807, 2.05) is 55.5 Å². The lowest BCUT2D eigenvalue weighted by Crippen LogP contribution is -2.08. The van der Waals surface area contributed by atoms with Crippen molar-refractivity contribution in [3.05, 3.63) is 70.9 Å². The van der Waals surface area contributed by atoms with Gasteiger partial charge in [0.15, 0.2) is 5.70 Å². The lowest BCUT2D eigenvalue weighted by atomic mass is 10.1. The molecule has 6 nitrogen and oxygen atoms in total. The number of cyclic esters (lactones) is 1. The fraction of sp³-hybridized carbons (Fsp3) is 0.182. The third-order valence-corrected chi connectivity index (χ3v) is 4.31. The number of fused-ring (bicyclic) bond motifs is 1. The molecule has 0 unspecified atom stereocenters. The minimum atomic E-state index is -0.481. The van der Waals surface area contributed by atoms with Crippen LogP contribution in [0.25, 0.3) is 6.08 Å².